The van der Waals surface area contributed by atoms with Crippen molar-refractivity contribution in [3.8, 4) is 34.6 Å². The number of terminal acetylenes is 1. The first-order chi connectivity index (χ1) is 25.6. The molecule has 0 saturated carbocycles. The summed E-state index contributed by atoms with van der Waals surface area (Å²) in [6, 6.07) is 44.1. The maximum atomic E-state index is 5.85. The summed E-state index contributed by atoms with van der Waals surface area (Å²) in [5, 5.41) is 3.43. The van der Waals surface area contributed by atoms with Crippen LogP contribution in [0, 0.1) is 12.3 Å². The lowest BCUT2D eigenvalue weighted by molar-refractivity contribution is 0.995. The molecule has 0 radical (unpaired) electrons. The summed E-state index contributed by atoms with van der Waals surface area (Å²) in [4.78, 5) is 9.49. The van der Waals surface area contributed by atoms with Crippen molar-refractivity contribution in [2.75, 3.05) is 18.9 Å². The Kier molecular flexibility index (Phi) is 11.8. The van der Waals surface area contributed by atoms with Crippen molar-refractivity contribution in [2.45, 2.75) is 19.8 Å². The zero-order chi connectivity index (χ0) is 36.1. The predicted octanol–water partition coefficient (Wildman–Crippen LogP) is 12.0. The Labute approximate surface area is 308 Å². The van der Waals surface area contributed by atoms with Gasteiger partial charge in [-0.2, -0.15) is 0 Å². The Hall–Kier alpha value is -6.50. The Morgan fingerprint density at radius 2 is 1.48 bits per heavy atom. The molecule has 0 atom stereocenters. The van der Waals surface area contributed by atoms with Gasteiger partial charge in [0.25, 0.3) is 0 Å². The van der Waals surface area contributed by atoms with Crippen molar-refractivity contribution in [1.82, 2.24) is 0 Å². The molecule has 0 aromatic heterocycles. The first kappa shape index (κ1) is 35.3. The molecule has 0 unspecified atom stereocenters. The van der Waals surface area contributed by atoms with E-state index in [1.165, 1.54) is 5.57 Å². The van der Waals surface area contributed by atoms with Crippen LogP contribution in [0.1, 0.15) is 42.0 Å². The van der Waals surface area contributed by atoms with Crippen LogP contribution in [-0.2, 0) is 0 Å². The number of anilines is 1. The van der Waals surface area contributed by atoms with Crippen LogP contribution in [0.15, 0.2) is 179 Å². The number of para-hydroxylation sites is 1. The van der Waals surface area contributed by atoms with E-state index in [1.54, 1.807) is 0 Å². The molecule has 0 spiro atoms. The van der Waals surface area contributed by atoms with Gasteiger partial charge in [-0.25, -0.2) is 0 Å². The van der Waals surface area contributed by atoms with Crippen LogP contribution in [0.5, 0.6) is 0 Å². The fourth-order valence-electron chi connectivity index (χ4n) is 6.45. The van der Waals surface area contributed by atoms with Crippen molar-refractivity contribution in [3.63, 3.8) is 0 Å². The highest BCUT2D eigenvalue weighted by Crippen LogP contribution is 2.36. The standard InChI is InChI=1S/C49H43N3/c1-5-17-43(46-27-16-26-45(49(46)51-4)40-20-11-7-12-21-40)32-36(2)38-28-30-39(31-29-38)42-24-15-25-44(33-42)47(50-3)34-48(41-22-13-8-14-23-41)52-35-37-18-9-6-10-19-37/h1,7-9,11-34,51H,3,6,10,35H2,2,4H3/b36-32+,43-17+,47-34-,52-48?. The maximum Gasteiger partial charge on any atom is 0.0716 e. The predicted molar refractivity (Wildman–Crippen MR) is 226 cm³/mol. The van der Waals surface area contributed by atoms with Gasteiger partial charge in [-0.15, -0.1) is 6.42 Å². The highest BCUT2D eigenvalue weighted by molar-refractivity contribution is 6.12. The Balaban J connectivity index is 1.27. The number of allylic oxidation sites excluding steroid dienone is 7. The van der Waals surface area contributed by atoms with Gasteiger partial charge >= 0.3 is 0 Å². The van der Waals surface area contributed by atoms with Crippen LogP contribution < -0.4 is 5.32 Å². The van der Waals surface area contributed by atoms with E-state index in [1.807, 2.05) is 43.5 Å². The summed E-state index contributed by atoms with van der Waals surface area (Å²) < 4.78 is 0. The van der Waals surface area contributed by atoms with E-state index in [2.05, 4.69) is 157 Å². The second kappa shape index (κ2) is 17.4. The fourth-order valence-corrected chi connectivity index (χ4v) is 6.45. The number of benzene rings is 5. The van der Waals surface area contributed by atoms with E-state index in [4.69, 9.17) is 11.4 Å². The number of nitrogens with one attached hydrogen (secondary N) is 1. The first-order valence-corrected chi connectivity index (χ1v) is 17.6. The van der Waals surface area contributed by atoms with Crippen LogP contribution in [0.3, 0.4) is 0 Å². The molecule has 0 saturated heterocycles. The molecule has 0 amide bonds. The number of hydrogen-bond acceptors (Lipinski definition) is 3. The minimum atomic E-state index is 0.624. The second-order valence-corrected chi connectivity index (χ2v) is 12.6. The second-order valence-electron chi connectivity index (χ2n) is 12.6. The van der Waals surface area contributed by atoms with E-state index in [-0.39, 0.29) is 0 Å². The van der Waals surface area contributed by atoms with Gasteiger partial charge in [-0.1, -0.05) is 152 Å². The number of rotatable bonds is 12. The van der Waals surface area contributed by atoms with Gasteiger partial charge in [0, 0.05) is 29.4 Å². The lowest BCUT2D eigenvalue weighted by Crippen LogP contribution is -2.01. The molecule has 5 aromatic rings. The van der Waals surface area contributed by atoms with Gasteiger partial charge in [-0.05, 0) is 89.2 Å². The minimum absolute atomic E-state index is 0.624. The van der Waals surface area contributed by atoms with E-state index in [0.29, 0.717) is 6.54 Å². The average Bonchev–Trinajstić information content (AvgIpc) is 3.21. The molecule has 52 heavy (non-hydrogen) atoms. The topological polar surface area (TPSA) is 36.8 Å². The third-order valence-electron chi connectivity index (χ3n) is 9.17. The molecule has 1 aliphatic rings. The van der Waals surface area contributed by atoms with Crippen LogP contribution in [-0.4, -0.2) is 26.0 Å². The molecule has 0 heterocycles. The van der Waals surface area contributed by atoms with Gasteiger partial charge in [0.15, 0.2) is 0 Å². The molecule has 1 aliphatic carbocycles. The van der Waals surface area contributed by atoms with Crippen molar-refractivity contribution in [3.05, 3.63) is 192 Å². The summed E-state index contributed by atoms with van der Waals surface area (Å²) in [5.74, 6) is 2.76. The molecule has 254 valence electrons. The van der Waals surface area contributed by atoms with Gasteiger partial charge in [0.05, 0.1) is 18.0 Å². The monoisotopic (exact) mass is 673 g/mol. The molecule has 0 bridgehead atoms. The van der Waals surface area contributed by atoms with Crippen molar-refractivity contribution < 1.29 is 0 Å². The van der Waals surface area contributed by atoms with Crippen LogP contribution in [0.2, 0.25) is 0 Å². The molecule has 1 N–H and O–H groups in total. The zero-order valence-electron chi connectivity index (χ0n) is 29.9. The van der Waals surface area contributed by atoms with Crippen molar-refractivity contribution in [1.29, 1.82) is 0 Å². The third-order valence-corrected chi connectivity index (χ3v) is 9.17. The normalized spacial score (nSPS) is 13.7. The Morgan fingerprint density at radius 1 is 0.769 bits per heavy atom. The lowest BCUT2D eigenvalue weighted by atomic mass is 9.93. The van der Waals surface area contributed by atoms with Crippen LogP contribution >= 0.6 is 0 Å². The molecule has 0 fully saturated rings. The summed E-state index contributed by atoms with van der Waals surface area (Å²) in [5.41, 5.74) is 14.7. The van der Waals surface area contributed by atoms with Crippen molar-refractivity contribution >= 4 is 35.0 Å². The number of nitrogens with zero attached hydrogens (tertiary/aromatic N) is 2. The molecular weight excluding hydrogens is 631 g/mol. The van der Waals surface area contributed by atoms with E-state index in [9.17, 15) is 0 Å². The molecule has 3 nitrogen and oxygen atoms in total. The first-order valence-electron chi connectivity index (χ1n) is 17.6. The molecular formula is C49H43N3. The van der Waals surface area contributed by atoms with E-state index < -0.39 is 0 Å². The molecule has 6 rings (SSSR count). The highest BCUT2D eigenvalue weighted by Gasteiger charge is 2.13. The third kappa shape index (κ3) is 8.62. The number of hydrogen-bond donors (Lipinski definition) is 1. The van der Waals surface area contributed by atoms with Crippen LogP contribution in [0.4, 0.5) is 5.69 Å². The maximum absolute atomic E-state index is 5.85. The summed E-state index contributed by atoms with van der Waals surface area (Å²) in [6.45, 7) is 6.68. The fraction of sp³-hybridized carbons (Fsp3) is 0.102. The van der Waals surface area contributed by atoms with Gasteiger partial charge < -0.3 is 5.32 Å². The van der Waals surface area contributed by atoms with E-state index in [0.717, 1.165) is 85.6 Å². The SMILES string of the molecule is C#C/C=C(\C=C(/C)c1ccc(-c2cccc(/C(=C/C(=NCC3=CCCC=C3)c3ccccc3)N=C)c2)cc1)c1cccc(-c2ccccc2)c1NC. The smallest absolute Gasteiger partial charge is 0.0716 e. The van der Waals surface area contributed by atoms with E-state index >= 15 is 0 Å². The van der Waals surface area contributed by atoms with Crippen LogP contribution in [0.25, 0.3) is 39.1 Å². The van der Waals surface area contributed by atoms with Gasteiger partial charge in [0.1, 0.15) is 0 Å². The minimum Gasteiger partial charge on any atom is -0.387 e. The quantitative estimate of drug-likeness (QED) is 0.0799. The molecule has 3 heteroatoms. The summed E-state index contributed by atoms with van der Waals surface area (Å²) in [7, 11) is 1.96. The van der Waals surface area contributed by atoms with Crippen molar-refractivity contribution in [2.24, 2.45) is 9.98 Å². The summed E-state index contributed by atoms with van der Waals surface area (Å²) >= 11 is 0. The number of aliphatic imine (C=N–C) groups is 2. The largest absolute Gasteiger partial charge is 0.387 e. The van der Waals surface area contributed by atoms with Gasteiger partial charge in [-0.3, -0.25) is 9.98 Å². The zero-order valence-corrected chi connectivity index (χ0v) is 29.9. The Bertz CT molecular complexity index is 2260. The lowest BCUT2D eigenvalue weighted by Gasteiger charge is -2.16. The van der Waals surface area contributed by atoms with Gasteiger partial charge in [0.2, 0.25) is 0 Å². The molecule has 0 aliphatic heterocycles. The summed E-state index contributed by atoms with van der Waals surface area (Å²) in [6.07, 6.45) is 20.7. The Morgan fingerprint density at radius 3 is 2.17 bits per heavy atom. The molecule has 5 aromatic carbocycles. The highest BCUT2D eigenvalue weighted by atomic mass is 14.8. The average molecular weight is 674 g/mol.